The maximum Gasteiger partial charge on any atom is 0.340 e. The topological polar surface area (TPSA) is 97.4 Å². The molecule has 0 aliphatic carbocycles. The Hall–Kier alpha value is -4.46. The van der Waals surface area contributed by atoms with Crippen molar-refractivity contribution in [3.8, 4) is 11.3 Å². The van der Waals surface area contributed by atoms with Crippen molar-refractivity contribution < 1.29 is 18.7 Å². The van der Waals surface area contributed by atoms with Gasteiger partial charge in [-0.05, 0) is 55.8 Å². The molecule has 0 amide bonds. The van der Waals surface area contributed by atoms with Gasteiger partial charge in [-0.2, -0.15) is 5.10 Å². The van der Waals surface area contributed by atoms with Crippen LogP contribution in [0.5, 0.6) is 0 Å². The molecule has 35 heavy (non-hydrogen) atoms. The van der Waals surface area contributed by atoms with Crippen molar-refractivity contribution in [3.63, 3.8) is 0 Å². The van der Waals surface area contributed by atoms with E-state index in [1.54, 1.807) is 17.7 Å². The number of aromatic nitrogens is 2. The highest BCUT2D eigenvalue weighted by molar-refractivity contribution is 5.95. The fraction of sp³-hybridized carbons (Fsp3) is 0.148. The van der Waals surface area contributed by atoms with Crippen molar-refractivity contribution in [2.75, 3.05) is 5.32 Å². The van der Waals surface area contributed by atoms with E-state index in [9.17, 15) is 19.1 Å². The summed E-state index contributed by atoms with van der Waals surface area (Å²) in [5.74, 6) is -1.79. The summed E-state index contributed by atoms with van der Waals surface area (Å²) in [6, 6.07) is 14.3. The second-order valence-corrected chi connectivity index (χ2v) is 8.62. The fourth-order valence-corrected chi connectivity index (χ4v) is 4.37. The fourth-order valence-electron chi connectivity index (χ4n) is 4.37. The van der Waals surface area contributed by atoms with Crippen molar-refractivity contribution in [1.29, 1.82) is 0 Å². The molecule has 5 rings (SSSR count). The number of carboxylic acids is 1. The number of anilines is 1. The number of hydrogen-bond acceptors (Lipinski definition) is 5. The van der Waals surface area contributed by atoms with Crippen LogP contribution in [0.25, 0.3) is 33.2 Å². The molecule has 7 nitrogen and oxygen atoms in total. The molecule has 5 aromatic rings. The van der Waals surface area contributed by atoms with Crippen LogP contribution in [0.15, 0.2) is 70.0 Å². The van der Waals surface area contributed by atoms with Gasteiger partial charge in [0.05, 0.1) is 22.6 Å². The summed E-state index contributed by atoms with van der Waals surface area (Å²) in [5, 5.41) is 18.3. The molecule has 2 N–H and O–H groups in total. The standard InChI is InChI=1S/C27H22FN3O4/c1-14-9-18(15(2)29-22-6-4-5-20(28)25(22)27(33)34)26-19(10-14)23(32)12-24(35-26)16-7-8-21-17(11-16)13-31(3)30-21/h4-13,15,29H,1-3H3,(H,33,34). The molecule has 176 valence electrons. The van der Waals surface area contributed by atoms with Crippen LogP contribution in [0.1, 0.15) is 34.5 Å². The smallest absolute Gasteiger partial charge is 0.340 e. The van der Waals surface area contributed by atoms with Gasteiger partial charge >= 0.3 is 5.97 Å². The molecule has 8 heteroatoms. The van der Waals surface area contributed by atoms with Gasteiger partial charge in [0.25, 0.3) is 0 Å². The Morgan fingerprint density at radius 2 is 1.97 bits per heavy atom. The number of halogens is 1. The van der Waals surface area contributed by atoms with Gasteiger partial charge in [0.2, 0.25) is 0 Å². The molecule has 2 aromatic heterocycles. The molecular formula is C27H22FN3O4. The third kappa shape index (κ3) is 4.03. The molecule has 3 aromatic carbocycles. The second kappa shape index (κ2) is 8.39. The largest absolute Gasteiger partial charge is 0.478 e. The van der Waals surface area contributed by atoms with E-state index >= 15 is 0 Å². The summed E-state index contributed by atoms with van der Waals surface area (Å²) in [6.45, 7) is 3.67. The number of nitrogens with one attached hydrogen (secondary N) is 1. The summed E-state index contributed by atoms with van der Waals surface area (Å²) in [7, 11) is 1.84. The van der Waals surface area contributed by atoms with Crippen LogP contribution in [0.3, 0.4) is 0 Å². The van der Waals surface area contributed by atoms with Crippen molar-refractivity contribution in [1.82, 2.24) is 9.78 Å². The highest BCUT2D eigenvalue weighted by Crippen LogP contribution is 2.32. The lowest BCUT2D eigenvalue weighted by Crippen LogP contribution is -2.13. The molecule has 2 heterocycles. The summed E-state index contributed by atoms with van der Waals surface area (Å²) in [6.07, 6.45) is 1.89. The first-order chi connectivity index (χ1) is 16.7. The average Bonchev–Trinajstić information content (AvgIpc) is 3.18. The normalized spacial score (nSPS) is 12.2. The van der Waals surface area contributed by atoms with Crippen molar-refractivity contribution >= 4 is 33.5 Å². The molecule has 1 unspecified atom stereocenters. The molecule has 1 atom stereocenters. The van der Waals surface area contributed by atoms with Gasteiger partial charge in [0, 0.05) is 35.8 Å². The minimum Gasteiger partial charge on any atom is -0.478 e. The number of nitrogens with zero attached hydrogens (tertiary/aromatic N) is 2. The maximum atomic E-state index is 14.2. The van der Waals surface area contributed by atoms with Crippen molar-refractivity contribution in [2.45, 2.75) is 19.9 Å². The number of carbonyl (C=O) groups is 1. The molecule has 0 saturated heterocycles. The van der Waals surface area contributed by atoms with Gasteiger partial charge in [-0.3, -0.25) is 9.48 Å². The van der Waals surface area contributed by atoms with Gasteiger partial charge in [-0.15, -0.1) is 0 Å². The van der Waals surface area contributed by atoms with Gasteiger partial charge < -0.3 is 14.8 Å². The Morgan fingerprint density at radius 3 is 2.74 bits per heavy atom. The molecule has 0 radical (unpaired) electrons. The van der Waals surface area contributed by atoms with Crippen LogP contribution >= 0.6 is 0 Å². The quantitative estimate of drug-likeness (QED) is 0.343. The number of carboxylic acid groups (broad SMARTS) is 1. The van der Waals surface area contributed by atoms with Gasteiger partial charge in [-0.1, -0.05) is 12.1 Å². The van der Waals surface area contributed by atoms with E-state index in [-0.39, 0.29) is 11.1 Å². The number of fused-ring (bicyclic) bond motifs is 2. The monoisotopic (exact) mass is 471 g/mol. The zero-order chi connectivity index (χ0) is 24.9. The lowest BCUT2D eigenvalue weighted by Gasteiger charge is -2.19. The summed E-state index contributed by atoms with van der Waals surface area (Å²) >= 11 is 0. The summed E-state index contributed by atoms with van der Waals surface area (Å²) in [4.78, 5) is 24.7. The van der Waals surface area contributed by atoms with E-state index in [1.165, 1.54) is 18.2 Å². The predicted molar refractivity (Wildman–Crippen MR) is 132 cm³/mol. The number of hydrogen-bond donors (Lipinski definition) is 2. The first-order valence-corrected chi connectivity index (χ1v) is 11.0. The van der Waals surface area contributed by atoms with Crippen LogP contribution in [-0.2, 0) is 7.05 Å². The Kier molecular flexibility index (Phi) is 5.36. The molecule has 0 fully saturated rings. The van der Waals surface area contributed by atoms with E-state index in [0.717, 1.165) is 28.1 Å². The number of benzene rings is 3. The average molecular weight is 471 g/mol. The van der Waals surface area contributed by atoms with E-state index in [1.807, 2.05) is 44.4 Å². The predicted octanol–water partition coefficient (Wildman–Crippen LogP) is 5.67. The zero-order valence-corrected chi connectivity index (χ0v) is 19.3. The first-order valence-electron chi connectivity index (χ1n) is 11.0. The third-order valence-corrected chi connectivity index (χ3v) is 5.97. The number of aryl methyl sites for hydroxylation is 2. The van der Waals surface area contributed by atoms with Crippen molar-refractivity contribution in [2.24, 2.45) is 7.05 Å². The van der Waals surface area contributed by atoms with Crippen LogP contribution in [-0.4, -0.2) is 20.9 Å². The Labute approximate surface area is 199 Å². The first kappa shape index (κ1) is 22.3. The Balaban J connectivity index is 1.64. The Morgan fingerprint density at radius 1 is 1.17 bits per heavy atom. The molecule has 0 aliphatic heterocycles. The van der Waals surface area contributed by atoms with Crippen molar-refractivity contribution in [3.05, 3.63) is 93.5 Å². The number of rotatable bonds is 5. The van der Waals surface area contributed by atoms with Crippen LogP contribution in [0, 0.1) is 12.7 Å². The van der Waals surface area contributed by atoms with Crippen LogP contribution in [0.4, 0.5) is 10.1 Å². The SMILES string of the molecule is Cc1cc(C(C)Nc2cccc(F)c2C(=O)O)c2oc(-c3ccc4nn(C)cc4c3)cc(=O)c2c1. The third-order valence-electron chi connectivity index (χ3n) is 5.97. The maximum absolute atomic E-state index is 14.2. The Bertz CT molecular complexity index is 1690. The van der Waals surface area contributed by atoms with Crippen LogP contribution < -0.4 is 10.7 Å². The minimum atomic E-state index is -1.37. The van der Waals surface area contributed by atoms with E-state index in [0.29, 0.717) is 22.3 Å². The minimum absolute atomic E-state index is 0.139. The summed E-state index contributed by atoms with van der Waals surface area (Å²) in [5.41, 5.74) is 2.95. The highest BCUT2D eigenvalue weighted by atomic mass is 19.1. The lowest BCUT2D eigenvalue weighted by atomic mass is 10.00. The lowest BCUT2D eigenvalue weighted by molar-refractivity contribution is 0.0693. The van der Waals surface area contributed by atoms with Crippen LogP contribution in [0.2, 0.25) is 0 Å². The molecule has 0 bridgehead atoms. The number of aromatic carboxylic acids is 1. The van der Waals surface area contributed by atoms with E-state index < -0.39 is 23.4 Å². The van der Waals surface area contributed by atoms with Gasteiger partial charge in [0.15, 0.2) is 5.43 Å². The molecule has 0 saturated carbocycles. The molecule has 0 spiro atoms. The van der Waals surface area contributed by atoms with E-state index in [2.05, 4.69) is 10.4 Å². The van der Waals surface area contributed by atoms with Gasteiger partial charge in [-0.25, -0.2) is 9.18 Å². The second-order valence-electron chi connectivity index (χ2n) is 8.62. The van der Waals surface area contributed by atoms with Gasteiger partial charge in [0.1, 0.15) is 22.7 Å². The molecule has 0 aliphatic rings. The zero-order valence-electron chi connectivity index (χ0n) is 19.3. The summed E-state index contributed by atoms with van der Waals surface area (Å²) < 4.78 is 22.2. The highest BCUT2D eigenvalue weighted by Gasteiger charge is 2.20. The molecular weight excluding hydrogens is 449 g/mol. The van der Waals surface area contributed by atoms with E-state index in [4.69, 9.17) is 4.42 Å².